The molecule has 6 nitrogen and oxygen atoms in total. The topological polar surface area (TPSA) is 94.3 Å². The largest absolute Gasteiger partial charge is 0.481 e. The molecule has 1 heterocycles. The van der Waals surface area contributed by atoms with Crippen LogP contribution in [-0.4, -0.2) is 47.4 Å². The van der Waals surface area contributed by atoms with Crippen molar-refractivity contribution in [3.05, 3.63) is 48.0 Å². The van der Waals surface area contributed by atoms with Gasteiger partial charge in [-0.05, 0) is 105 Å². The van der Waals surface area contributed by atoms with Crippen LogP contribution in [0.15, 0.2) is 42.5 Å². The number of carbonyl (C=O) groups excluding carboxylic acids is 2. The van der Waals surface area contributed by atoms with Crippen LogP contribution in [0, 0.1) is 34.5 Å². The van der Waals surface area contributed by atoms with Gasteiger partial charge in [-0.25, -0.2) is 0 Å². The summed E-state index contributed by atoms with van der Waals surface area (Å²) in [7, 11) is 1.44. The lowest BCUT2D eigenvalue weighted by molar-refractivity contribution is -0.156. The minimum atomic E-state index is -0.0612. The Morgan fingerprint density at radius 1 is 1.00 bits per heavy atom. The Bertz CT molecular complexity index is 1180. The molecule has 3 fully saturated rings. The average Bonchev–Trinajstić information content (AvgIpc) is 3.02. The number of rotatable bonds is 16. The molecular weight excluding hydrogens is 558 g/mol. The molecule has 0 radical (unpaired) electrons. The van der Waals surface area contributed by atoms with E-state index in [1.807, 2.05) is 0 Å². The van der Waals surface area contributed by atoms with Crippen LogP contribution in [0.1, 0.15) is 129 Å². The molecule has 3 atom stereocenters. The molecule has 0 aromatic heterocycles. The number of nitrogens with one attached hydrogen (secondary N) is 2. The first-order valence-electron chi connectivity index (χ1n) is 17.9. The monoisotopic (exact) mass is 617 g/mol. The number of benzene rings is 1. The number of ketones is 1. The molecule has 1 aromatic rings. The van der Waals surface area contributed by atoms with Crippen molar-refractivity contribution in [3.63, 3.8) is 0 Å². The summed E-state index contributed by atoms with van der Waals surface area (Å²) in [5.74, 6) is 1.84. The van der Waals surface area contributed by atoms with Gasteiger partial charge in [0.1, 0.15) is 5.78 Å². The Kier molecular flexibility index (Phi) is 12.6. The third kappa shape index (κ3) is 8.54. The van der Waals surface area contributed by atoms with E-state index in [0.29, 0.717) is 42.7 Å². The van der Waals surface area contributed by atoms with E-state index in [2.05, 4.69) is 56.0 Å². The molecule has 2 N–H and O–H groups in total. The van der Waals surface area contributed by atoms with Crippen molar-refractivity contribution < 1.29 is 14.3 Å². The first kappa shape index (κ1) is 35.1. The highest BCUT2D eigenvalue weighted by Crippen LogP contribution is 2.54. The minimum Gasteiger partial charge on any atom is -0.481 e. The summed E-state index contributed by atoms with van der Waals surface area (Å²) in [6.07, 6.45) is 18.8. The Balaban J connectivity index is 1.37. The maximum Gasteiger partial charge on any atom is 0.226 e. The lowest BCUT2D eigenvalue weighted by Crippen LogP contribution is -2.62. The maximum atomic E-state index is 14.4. The highest BCUT2D eigenvalue weighted by molar-refractivity contribution is 5.98. The lowest BCUT2D eigenvalue weighted by atomic mass is 9.56. The summed E-state index contributed by atoms with van der Waals surface area (Å²) in [5.41, 5.74) is 2.08. The molecule has 0 bridgehead atoms. The average molecular weight is 618 g/mol. The number of allylic oxidation sites excluding steroid dienone is 1. The predicted molar refractivity (Wildman–Crippen MR) is 184 cm³/mol. The van der Waals surface area contributed by atoms with Gasteiger partial charge < -0.3 is 15.0 Å². The van der Waals surface area contributed by atoms with Crippen LogP contribution in [0.25, 0.3) is 0 Å². The van der Waals surface area contributed by atoms with E-state index >= 15 is 0 Å². The number of ether oxygens (including phenoxy) is 1. The third-order valence-electron chi connectivity index (χ3n) is 11.9. The summed E-state index contributed by atoms with van der Waals surface area (Å²) in [4.78, 5) is 29.8. The van der Waals surface area contributed by atoms with Gasteiger partial charge in [-0.2, -0.15) is 0 Å². The molecule has 248 valence electrons. The maximum absolute atomic E-state index is 14.4. The summed E-state index contributed by atoms with van der Waals surface area (Å²) in [6, 6.07) is 11.2. The van der Waals surface area contributed by atoms with E-state index < -0.39 is 0 Å². The summed E-state index contributed by atoms with van der Waals surface area (Å²) in [5, 5.41) is 15.5. The van der Waals surface area contributed by atoms with Gasteiger partial charge in [0.25, 0.3) is 0 Å². The van der Waals surface area contributed by atoms with Gasteiger partial charge in [0, 0.05) is 42.6 Å². The number of nitrogens with zero attached hydrogens (tertiary/aromatic N) is 1. The molecule has 1 spiro atoms. The summed E-state index contributed by atoms with van der Waals surface area (Å²) >= 11 is 0. The van der Waals surface area contributed by atoms with Gasteiger partial charge in [0.2, 0.25) is 11.8 Å². The molecule has 1 amide bonds. The van der Waals surface area contributed by atoms with E-state index in [9.17, 15) is 9.59 Å². The fraction of sp³-hybridized carbons (Fsp3) is 0.692. The number of unbranched alkanes of at least 4 members (excludes halogenated alkanes) is 1. The summed E-state index contributed by atoms with van der Waals surface area (Å²) in [6.45, 7) is 7.79. The van der Waals surface area contributed by atoms with Gasteiger partial charge in [-0.3, -0.25) is 15.0 Å². The first-order valence-corrected chi connectivity index (χ1v) is 17.9. The molecule has 3 unspecified atom stereocenters. The number of hydrogen-bond donors (Lipinski definition) is 2. The molecule has 3 aliphatic rings. The van der Waals surface area contributed by atoms with Gasteiger partial charge in [-0.1, -0.05) is 70.4 Å². The number of Topliss-reactive ketones (excluding diaryl/α,β-unsaturated/α-hetero) is 1. The Labute approximate surface area is 272 Å². The Morgan fingerprint density at radius 2 is 1.69 bits per heavy atom. The third-order valence-corrected chi connectivity index (χ3v) is 11.9. The van der Waals surface area contributed by atoms with E-state index in [-0.39, 0.29) is 34.5 Å². The number of amides is 1. The smallest absolute Gasteiger partial charge is 0.226 e. The summed E-state index contributed by atoms with van der Waals surface area (Å²) < 4.78 is 4.79. The fourth-order valence-electron chi connectivity index (χ4n) is 8.66. The Morgan fingerprint density at radius 3 is 2.31 bits per heavy atom. The van der Waals surface area contributed by atoms with Crippen molar-refractivity contribution in [3.8, 4) is 0 Å². The van der Waals surface area contributed by atoms with Crippen molar-refractivity contribution in [1.82, 2.24) is 4.90 Å². The van der Waals surface area contributed by atoms with Gasteiger partial charge in [0.05, 0.1) is 7.11 Å². The van der Waals surface area contributed by atoms with E-state index in [1.165, 1.54) is 50.9 Å². The highest BCUT2D eigenvalue weighted by Gasteiger charge is 2.53. The second-order valence-electron chi connectivity index (χ2n) is 14.7. The molecule has 6 heteroatoms. The molecular formula is C39H59N3O3. The van der Waals surface area contributed by atoms with Crippen molar-refractivity contribution in [2.24, 2.45) is 23.7 Å². The lowest BCUT2D eigenvalue weighted by Gasteiger charge is -2.58. The number of carbonyl (C=O) groups is 2. The predicted octanol–water partition coefficient (Wildman–Crippen LogP) is 9.07. The highest BCUT2D eigenvalue weighted by atomic mass is 16.5. The van der Waals surface area contributed by atoms with Crippen molar-refractivity contribution >= 4 is 23.3 Å². The molecule has 45 heavy (non-hydrogen) atoms. The molecule has 1 aliphatic heterocycles. The van der Waals surface area contributed by atoms with Crippen LogP contribution in [0.2, 0.25) is 0 Å². The second-order valence-corrected chi connectivity index (χ2v) is 14.7. The zero-order valence-corrected chi connectivity index (χ0v) is 28.5. The minimum absolute atomic E-state index is 0.0300. The molecule has 4 rings (SSSR count). The van der Waals surface area contributed by atoms with Crippen molar-refractivity contribution in [2.45, 2.75) is 134 Å². The van der Waals surface area contributed by atoms with Crippen LogP contribution in [-0.2, 0) is 19.7 Å². The molecule has 2 saturated carbocycles. The van der Waals surface area contributed by atoms with Gasteiger partial charge >= 0.3 is 0 Å². The number of methoxy groups -OCH3 is 1. The molecule has 2 aliphatic carbocycles. The number of likely N-dealkylation sites (tertiary alicyclic amines) is 1. The standard InChI is InChI=1S/C39H59N3O3/c1-5-12-30(3)39(32-15-7-6-8-16-32)25-23-38(24-26-39)22-21-35(37(44)42(38)28-31-13-11-14-31)29(2)27-34(43)18-10-9-17-33(40)19-20-36(41)45-4/h6-8,15-16,19-20,29-31,35,40-41H,5,9-14,17-18,21-28H2,1-4H3/b20-19-,40-33?,41-36?/t29?,30?,35?,38-,39-. The van der Waals surface area contributed by atoms with Crippen molar-refractivity contribution in [1.29, 1.82) is 10.8 Å². The van der Waals surface area contributed by atoms with E-state index in [0.717, 1.165) is 57.9 Å². The van der Waals surface area contributed by atoms with Crippen LogP contribution >= 0.6 is 0 Å². The van der Waals surface area contributed by atoms with Crippen LogP contribution < -0.4 is 0 Å². The normalized spacial score (nSPS) is 26.9. The molecule has 1 aromatic carbocycles. The second kappa shape index (κ2) is 16.2. The van der Waals surface area contributed by atoms with Crippen LogP contribution in [0.3, 0.4) is 0 Å². The first-order chi connectivity index (χ1) is 21.6. The van der Waals surface area contributed by atoms with Crippen molar-refractivity contribution in [2.75, 3.05) is 13.7 Å². The van der Waals surface area contributed by atoms with Gasteiger partial charge in [0.15, 0.2) is 0 Å². The van der Waals surface area contributed by atoms with E-state index in [4.69, 9.17) is 15.6 Å². The van der Waals surface area contributed by atoms with E-state index in [1.54, 1.807) is 6.08 Å². The molecule has 1 saturated heterocycles. The number of piperidine rings is 1. The van der Waals surface area contributed by atoms with Crippen LogP contribution in [0.4, 0.5) is 0 Å². The SMILES string of the molecule is CCCC(C)[C@]1(c2ccccc2)CC[C@@]2(CCC(C(C)CC(=O)CCCCC(=N)/C=C\C(=N)OC)C(=O)N2CC2CCC2)CC1. The van der Waals surface area contributed by atoms with Crippen LogP contribution in [0.5, 0.6) is 0 Å². The fourth-order valence-corrected chi connectivity index (χ4v) is 8.66. The number of hydrogen-bond acceptors (Lipinski definition) is 5. The Hall–Kier alpha value is -2.76. The quantitative estimate of drug-likeness (QED) is 0.110. The zero-order chi connectivity index (χ0) is 32.5. The zero-order valence-electron chi connectivity index (χ0n) is 28.5. The van der Waals surface area contributed by atoms with Gasteiger partial charge in [-0.15, -0.1) is 0 Å².